The van der Waals surface area contributed by atoms with E-state index < -0.39 is 9.84 Å². The van der Waals surface area contributed by atoms with Crippen LogP contribution in [0.25, 0.3) is 0 Å². The molecule has 1 aromatic rings. The Kier molecular flexibility index (Phi) is 4.09. The lowest BCUT2D eigenvalue weighted by Gasteiger charge is -2.14. The Morgan fingerprint density at radius 1 is 1.44 bits per heavy atom. The van der Waals surface area contributed by atoms with Crippen LogP contribution in [0.5, 0.6) is 0 Å². The molecule has 0 saturated carbocycles. The highest BCUT2D eigenvalue weighted by Crippen LogP contribution is 2.24. The lowest BCUT2D eigenvalue weighted by molar-refractivity contribution is 0.570. The minimum atomic E-state index is -3.09. The summed E-state index contributed by atoms with van der Waals surface area (Å²) < 4.78 is 23.1. The van der Waals surface area contributed by atoms with Crippen LogP contribution in [0.4, 0.5) is 0 Å². The highest BCUT2D eigenvalue weighted by atomic mass is 32.2. The van der Waals surface area contributed by atoms with E-state index in [0.29, 0.717) is 5.01 Å². The van der Waals surface area contributed by atoms with E-state index in [1.54, 1.807) is 0 Å². The van der Waals surface area contributed by atoms with Gasteiger partial charge in [-0.25, -0.2) is 13.4 Å². The molecular formula is C10H18N2O2S2. The van der Waals surface area contributed by atoms with Gasteiger partial charge in [-0.3, -0.25) is 0 Å². The first kappa shape index (κ1) is 13.6. The van der Waals surface area contributed by atoms with Gasteiger partial charge in [0.15, 0.2) is 9.84 Å². The lowest BCUT2D eigenvalue weighted by Crippen LogP contribution is -2.17. The maximum absolute atomic E-state index is 11.5. The third kappa shape index (κ3) is 3.84. The van der Waals surface area contributed by atoms with Crippen molar-refractivity contribution in [3.8, 4) is 0 Å². The monoisotopic (exact) mass is 262 g/mol. The van der Waals surface area contributed by atoms with Crippen LogP contribution < -0.4 is 5.73 Å². The molecule has 0 aliphatic rings. The highest BCUT2D eigenvalue weighted by molar-refractivity contribution is 7.90. The standard InChI is InChI=1S/C10H18N2O2S2/c1-10(2,3)8-6-15-9(12-8)7-16(13,14)5-4-11/h6H,4-5,7,11H2,1-3H3. The molecule has 0 fully saturated rings. The Morgan fingerprint density at radius 2 is 2.06 bits per heavy atom. The Hall–Kier alpha value is -0.460. The topological polar surface area (TPSA) is 73.0 Å². The van der Waals surface area contributed by atoms with Gasteiger partial charge in [-0.15, -0.1) is 11.3 Å². The SMILES string of the molecule is CC(C)(C)c1csc(CS(=O)(=O)CCN)n1. The molecule has 1 aromatic heterocycles. The molecule has 1 heterocycles. The third-order valence-corrected chi connectivity index (χ3v) is 4.69. The first-order valence-electron chi connectivity index (χ1n) is 5.10. The molecule has 0 spiro atoms. The number of rotatable bonds is 4. The number of thiazole rings is 1. The van der Waals surface area contributed by atoms with Gasteiger partial charge in [0.05, 0.1) is 11.4 Å². The smallest absolute Gasteiger partial charge is 0.158 e. The lowest BCUT2D eigenvalue weighted by atomic mass is 9.93. The fraction of sp³-hybridized carbons (Fsp3) is 0.700. The van der Waals surface area contributed by atoms with Crippen LogP contribution in [0.15, 0.2) is 5.38 Å². The van der Waals surface area contributed by atoms with Gasteiger partial charge in [0, 0.05) is 17.3 Å². The summed E-state index contributed by atoms with van der Waals surface area (Å²) in [6.45, 7) is 6.33. The van der Waals surface area contributed by atoms with Crippen LogP contribution in [0, 0.1) is 0 Å². The fourth-order valence-corrected chi connectivity index (χ4v) is 3.72. The zero-order valence-corrected chi connectivity index (χ0v) is 11.5. The second-order valence-corrected chi connectivity index (χ2v) is 7.88. The van der Waals surface area contributed by atoms with E-state index in [0.717, 1.165) is 5.69 Å². The maximum atomic E-state index is 11.5. The first-order chi connectivity index (χ1) is 7.24. The summed E-state index contributed by atoms with van der Waals surface area (Å²) in [7, 11) is -3.09. The normalized spacial score (nSPS) is 13.0. The molecule has 0 amide bonds. The van der Waals surface area contributed by atoms with Crippen molar-refractivity contribution in [3.63, 3.8) is 0 Å². The van der Waals surface area contributed by atoms with Gasteiger partial charge >= 0.3 is 0 Å². The highest BCUT2D eigenvalue weighted by Gasteiger charge is 2.19. The van der Waals surface area contributed by atoms with E-state index in [2.05, 4.69) is 25.8 Å². The van der Waals surface area contributed by atoms with Crippen molar-refractivity contribution in [2.75, 3.05) is 12.3 Å². The van der Waals surface area contributed by atoms with Gasteiger partial charge in [0.2, 0.25) is 0 Å². The van der Waals surface area contributed by atoms with Crippen molar-refractivity contribution in [2.45, 2.75) is 31.9 Å². The van der Waals surface area contributed by atoms with Crippen LogP contribution in [0.3, 0.4) is 0 Å². The molecule has 0 aliphatic heterocycles. The summed E-state index contributed by atoms with van der Waals surface area (Å²) >= 11 is 1.40. The van der Waals surface area contributed by atoms with Crippen molar-refractivity contribution in [3.05, 3.63) is 16.1 Å². The van der Waals surface area contributed by atoms with Crippen LogP contribution in [0.2, 0.25) is 0 Å². The summed E-state index contributed by atoms with van der Waals surface area (Å²) in [6.07, 6.45) is 0. The second kappa shape index (κ2) is 4.81. The van der Waals surface area contributed by atoms with E-state index in [1.165, 1.54) is 11.3 Å². The Balaban J connectivity index is 2.81. The summed E-state index contributed by atoms with van der Waals surface area (Å²) in [5.41, 5.74) is 6.15. The van der Waals surface area contributed by atoms with E-state index in [9.17, 15) is 8.42 Å². The molecule has 1 rings (SSSR count). The quantitative estimate of drug-likeness (QED) is 0.888. The van der Waals surface area contributed by atoms with Gasteiger partial charge in [-0.05, 0) is 0 Å². The van der Waals surface area contributed by atoms with Crippen LogP contribution >= 0.6 is 11.3 Å². The van der Waals surface area contributed by atoms with E-state index in [-0.39, 0.29) is 23.5 Å². The van der Waals surface area contributed by atoms with E-state index in [4.69, 9.17) is 5.73 Å². The minimum absolute atomic E-state index is 0.00491. The number of sulfone groups is 1. The fourth-order valence-electron chi connectivity index (χ4n) is 1.16. The Labute approximate surface area is 101 Å². The number of nitrogens with two attached hydrogens (primary N) is 1. The molecule has 0 unspecified atom stereocenters. The van der Waals surface area contributed by atoms with Gasteiger partial charge in [0.25, 0.3) is 0 Å². The zero-order valence-electron chi connectivity index (χ0n) is 9.86. The molecule has 2 N–H and O–H groups in total. The summed E-state index contributed by atoms with van der Waals surface area (Å²) in [5.74, 6) is 0.0301. The molecule has 0 aliphatic carbocycles. The molecule has 92 valence electrons. The van der Waals surface area contributed by atoms with Crippen molar-refractivity contribution >= 4 is 21.2 Å². The molecule has 6 heteroatoms. The third-order valence-electron chi connectivity index (χ3n) is 2.09. The Morgan fingerprint density at radius 3 is 2.50 bits per heavy atom. The molecule has 4 nitrogen and oxygen atoms in total. The zero-order chi connectivity index (χ0) is 12.4. The summed E-state index contributed by atoms with van der Waals surface area (Å²) in [4.78, 5) is 4.35. The van der Waals surface area contributed by atoms with Gasteiger partial charge in [-0.2, -0.15) is 0 Å². The maximum Gasteiger partial charge on any atom is 0.158 e. The van der Waals surface area contributed by atoms with Crippen LogP contribution in [-0.2, 0) is 21.0 Å². The molecule has 0 saturated heterocycles. The predicted molar refractivity (Wildman–Crippen MR) is 67.4 cm³/mol. The van der Waals surface area contributed by atoms with E-state index in [1.807, 2.05) is 5.38 Å². The number of hydrogen-bond donors (Lipinski definition) is 1. The van der Waals surface area contributed by atoms with Crippen molar-refractivity contribution in [1.82, 2.24) is 4.98 Å². The van der Waals surface area contributed by atoms with Gasteiger partial charge in [0.1, 0.15) is 10.8 Å². The number of hydrogen-bond acceptors (Lipinski definition) is 5. The van der Waals surface area contributed by atoms with Crippen molar-refractivity contribution in [1.29, 1.82) is 0 Å². The number of aromatic nitrogens is 1. The van der Waals surface area contributed by atoms with Crippen LogP contribution in [0.1, 0.15) is 31.5 Å². The molecule has 16 heavy (non-hydrogen) atoms. The first-order valence-corrected chi connectivity index (χ1v) is 7.80. The van der Waals surface area contributed by atoms with Crippen molar-refractivity contribution < 1.29 is 8.42 Å². The van der Waals surface area contributed by atoms with Gasteiger partial charge < -0.3 is 5.73 Å². The van der Waals surface area contributed by atoms with E-state index >= 15 is 0 Å². The average molecular weight is 262 g/mol. The Bertz CT molecular complexity index is 444. The summed E-state index contributed by atoms with van der Waals surface area (Å²) in [6, 6.07) is 0. The predicted octanol–water partition coefficient (Wildman–Crippen LogP) is 1.31. The minimum Gasteiger partial charge on any atom is -0.329 e. The molecule has 0 bridgehead atoms. The molecular weight excluding hydrogens is 244 g/mol. The molecule has 0 aromatic carbocycles. The molecule has 0 radical (unpaired) electrons. The average Bonchev–Trinajstić information content (AvgIpc) is 2.50. The molecule has 0 atom stereocenters. The summed E-state index contributed by atoms with van der Waals surface area (Å²) in [5, 5.41) is 2.58. The van der Waals surface area contributed by atoms with Crippen molar-refractivity contribution in [2.24, 2.45) is 5.73 Å². The van der Waals surface area contributed by atoms with Crippen LogP contribution in [-0.4, -0.2) is 25.7 Å². The van der Waals surface area contributed by atoms with Gasteiger partial charge in [-0.1, -0.05) is 20.8 Å². The largest absolute Gasteiger partial charge is 0.329 e. The number of nitrogens with zero attached hydrogens (tertiary/aromatic N) is 1. The second-order valence-electron chi connectivity index (χ2n) is 4.76.